The van der Waals surface area contributed by atoms with Crippen molar-refractivity contribution in [3.05, 3.63) is 48.0 Å². The molecule has 0 aliphatic heterocycles. The van der Waals surface area contributed by atoms with Gasteiger partial charge in [-0.3, -0.25) is 0 Å². The smallest absolute Gasteiger partial charge is 0.137 e. The predicted molar refractivity (Wildman–Crippen MR) is 59.4 cm³/mol. The number of hydrogen-bond donors (Lipinski definition) is 1. The highest BCUT2D eigenvalue weighted by Crippen LogP contribution is 2.41. The maximum Gasteiger partial charge on any atom is 0.137 e. The number of hydrogen-bond acceptors (Lipinski definition) is 2. The van der Waals surface area contributed by atoms with Crippen molar-refractivity contribution in [2.24, 2.45) is 5.73 Å². The van der Waals surface area contributed by atoms with Crippen LogP contribution < -0.4 is 5.73 Å². The van der Waals surface area contributed by atoms with Gasteiger partial charge in [0.1, 0.15) is 17.3 Å². The van der Waals surface area contributed by atoms with Crippen LogP contribution in [0.2, 0.25) is 0 Å². The van der Waals surface area contributed by atoms with E-state index in [1.165, 1.54) is 6.07 Å². The second-order valence-electron chi connectivity index (χ2n) is 4.19. The first kappa shape index (κ1) is 9.60. The molecule has 2 nitrogen and oxygen atoms in total. The van der Waals surface area contributed by atoms with E-state index in [4.69, 9.17) is 10.2 Å². The van der Waals surface area contributed by atoms with E-state index in [0.717, 1.165) is 12.2 Å². The highest BCUT2D eigenvalue weighted by molar-refractivity contribution is 5.58. The van der Waals surface area contributed by atoms with Gasteiger partial charge in [0.25, 0.3) is 0 Å². The molecule has 1 saturated carbocycles. The summed E-state index contributed by atoms with van der Waals surface area (Å²) in [6, 6.07) is 10.5. The Balaban J connectivity index is 1.95. The largest absolute Gasteiger partial charge is 0.461 e. The molecule has 0 bridgehead atoms. The SMILES string of the molecule is N[C@@H]1C[C@@H]1c1ccc(-c2ccccc2F)o1. The monoisotopic (exact) mass is 217 g/mol. The maximum atomic E-state index is 13.5. The Morgan fingerprint density at radius 1 is 1.19 bits per heavy atom. The molecule has 16 heavy (non-hydrogen) atoms. The average molecular weight is 217 g/mol. The minimum Gasteiger partial charge on any atom is -0.461 e. The highest BCUT2D eigenvalue weighted by Gasteiger charge is 2.37. The Kier molecular flexibility index (Phi) is 2.07. The third-order valence-electron chi connectivity index (χ3n) is 2.97. The van der Waals surface area contributed by atoms with Gasteiger partial charge in [0.15, 0.2) is 0 Å². The summed E-state index contributed by atoms with van der Waals surface area (Å²) >= 11 is 0. The van der Waals surface area contributed by atoms with Gasteiger partial charge in [0.2, 0.25) is 0 Å². The Labute approximate surface area is 92.9 Å². The van der Waals surface area contributed by atoms with Crippen LogP contribution in [0.15, 0.2) is 40.8 Å². The molecule has 0 amide bonds. The van der Waals surface area contributed by atoms with Crippen LogP contribution in [0, 0.1) is 5.82 Å². The lowest BCUT2D eigenvalue weighted by Gasteiger charge is -1.98. The highest BCUT2D eigenvalue weighted by atomic mass is 19.1. The molecule has 2 aromatic rings. The Morgan fingerprint density at radius 2 is 1.94 bits per heavy atom. The molecule has 0 radical (unpaired) electrons. The predicted octanol–water partition coefficient (Wildman–Crippen LogP) is 2.90. The summed E-state index contributed by atoms with van der Waals surface area (Å²) in [5, 5.41) is 0. The minimum atomic E-state index is -0.261. The second kappa shape index (κ2) is 3.46. The first-order chi connectivity index (χ1) is 7.75. The third kappa shape index (κ3) is 1.53. The molecular weight excluding hydrogens is 205 g/mol. The molecule has 3 rings (SSSR count). The molecule has 2 atom stereocenters. The summed E-state index contributed by atoms with van der Waals surface area (Å²) in [6.07, 6.45) is 0.963. The lowest BCUT2D eigenvalue weighted by Crippen LogP contribution is -2.00. The summed E-state index contributed by atoms with van der Waals surface area (Å²) < 4.78 is 19.1. The van der Waals surface area contributed by atoms with Crippen LogP contribution in [-0.4, -0.2) is 6.04 Å². The number of furan rings is 1. The summed E-state index contributed by atoms with van der Waals surface area (Å²) in [6.45, 7) is 0. The molecule has 1 aromatic carbocycles. The number of benzene rings is 1. The van der Waals surface area contributed by atoms with Crippen molar-refractivity contribution < 1.29 is 8.81 Å². The lowest BCUT2D eigenvalue weighted by atomic mass is 10.1. The maximum absolute atomic E-state index is 13.5. The normalized spacial score (nSPS) is 23.4. The molecule has 1 heterocycles. The van der Waals surface area contributed by atoms with Crippen LogP contribution in [0.4, 0.5) is 4.39 Å². The standard InChI is InChI=1S/C13H12FNO/c14-10-4-2-1-3-8(10)12-5-6-13(16-12)9-7-11(9)15/h1-6,9,11H,7,15H2/t9-,11+/m0/s1. The van der Waals surface area contributed by atoms with Crippen molar-refractivity contribution in [1.29, 1.82) is 0 Å². The van der Waals surface area contributed by atoms with Crippen molar-refractivity contribution in [3.63, 3.8) is 0 Å². The first-order valence-electron chi connectivity index (χ1n) is 5.36. The van der Waals surface area contributed by atoms with E-state index < -0.39 is 0 Å². The topological polar surface area (TPSA) is 39.2 Å². The van der Waals surface area contributed by atoms with Gasteiger partial charge in [-0.15, -0.1) is 0 Å². The van der Waals surface area contributed by atoms with Crippen molar-refractivity contribution in [2.75, 3.05) is 0 Å². The molecule has 3 heteroatoms. The van der Waals surface area contributed by atoms with Crippen molar-refractivity contribution in [1.82, 2.24) is 0 Å². The van der Waals surface area contributed by atoms with Gasteiger partial charge in [0.05, 0.1) is 5.56 Å². The molecule has 2 N–H and O–H groups in total. The molecule has 0 spiro atoms. The van der Waals surface area contributed by atoms with E-state index >= 15 is 0 Å². The van der Waals surface area contributed by atoms with E-state index in [0.29, 0.717) is 17.2 Å². The van der Waals surface area contributed by atoms with Crippen LogP contribution in [0.25, 0.3) is 11.3 Å². The average Bonchev–Trinajstić information content (AvgIpc) is 2.82. The van der Waals surface area contributed by atoms with Gasteiger partial charge < -0.3 is 10.2 Å². The molecule has 1 fully saturated rings. The van der Waals surface area contributed by atoms with Crippen LogP contribution in [0.5, 0.6) is 0 Å². The zero-order valence-corrected chi connectivity index (χ0v) is 8.69. The zero-order valence-electron chi connectivity index (χ0n) is 8.69. The molecule has 82 valence electrons. The van der Waals surface area contributed by atoms with E-state index in [9.17, 15) is 4.39 Å². The van der Waals surface area contributed by atoms with E-state index in [1.807, 2.05) is 6.07 Å². The summed E-state index contributed by atoms with van der Waals surface area (Å²) in [7, 11) is 0. The Hall–Kier alpha value is -1.61. The van der Waals surface area contributed by atoms with Gasteiger partial charge in [-0.2, -0.15) is 0 Å². The van der Waals surface area contributed by atoms with Crippen LogP contribution in [-0.2, 0) is 0 Å². The van der Waals surface area contributed by atoms with Gasteiger partial charge in [0, 0.05) is 12.0 Å². The van der Waals surface area contributed by atoms with Gasteiger partial charge in [-0.1, -0.05) is 12.1 Å². The second-order valence-corrected chi connectivity index (χ2v) is 4.19. The van der Waals surface area contributed by atoms with Crippen LogP contribution in [0.1, 0.15) is 18.1 Å². The van der Waals surface area contributed by atoms with Crippen molar-refractivity contribution >= 4 is 0 Å². The Morgan fingerprint density at radius 3 is 2.62 bits per heavy atom. The van der Waals surface area contributed by atoms with Gasteiger partial charge in [-0.25, -0.2) is 4.39 Å². The minimum absolute atomic E-state index is 0.208. The molecule has 0 saturated heterocycles. The molecule has 1 aromatic heterocycles. The summed E-state index contributed by atoms with van der Waals surface area (Å²) in [5.74, 6) is 1.50. The van der Waals surface area contributed by atoms with E-state index in [2.05, 4.69) is 0 Å². The Bertz CT molecular complexity index is 520. The number of halogens is 1. The third-order valence-corrected chi connectivity index (χ3v) is 2.97. The molecule has 1 aliphatic rings. The van der Waals surface area contributed by atoms with Gasteiger partial charge >= 0.3 is 0 Å². The summed E-state index contributed by atoms with van der Waals surface area (Å²) in [5.41, 5.74) is 6.25. The van der Waals surface area contributed by atoms with Crippen molar-refractivity contribution in [2.45, 2.75) is 18.4 Å². The first-order valence-corrected chi connectivity index (χ1v) is 5.36. The van der Waals surface area contributed by atoms with Crippen LogP contribution in [0.3, 0.4) is 0 Å². The number of rotatable bonds is 2. The summed E-state index contributed by atoms with van der Waals surface area (Å²) in [4.78, 5) is 0. The zero-order chi connectivity index (χ0) is 11.1. The number of nitrogens with two attached hydrogens (primary N) is 1. The van der Waals surface area contributed by atoms with Crippen LogP contribution >= 0.6 is 0 Å². The fraction of sp³-hybridized carbons (Fsp3) is 0.231. The fourth-order valence-corrected chi connectivity index (χ4v) is 1.90. The molecular formula is C13H12FNO. The van der Waals surface area contributed by atoms with Gasteiger partial charge in [-0.05, 0) is 30.7 Å². The van der Waals surface area contributed by atoms with E-state index in [-0.39, 0.29) is 11.9 Å². The molecule has 0 unspecified atom stereocenters. The van der Waals surface area contributed by atoms with Crippen molar-refractivity contribution in [3.8, 4) is 11.3 Å². The lowest BCUT2D eigenvalue weighted by molar-refractivity contribution is 0.517. The molecule has 1 aliphatic carbocycles. The fourth-order valence-electron chi connectivity index (χ4n) is 1.90. The quantitative estimate of drug-likeness (QED) is 0.840. The van der Waals surface area contributed by atoms with E-state index in [1.54, 1.807) is 24.3 Å².